The molecule has 0 aromatic carbocycles. The van der Waals surface area contributed by atoms with E-state index in [4.69, 9.17) is 5.73 Å². The Morgan fingerprint density at radius 3 is 2.67 bits per heavy atom. The molecule has 1 aliphatic heterocycles. The van der Waals surface area contributed by atoms with Gasteiger partial charge in [0.2, 0.25) is 5.91 Å². The summed E-state index contributed by atoms with van der Waals surface area (Å²) in [6.07, 6.45) is 0.448. The van der Waals surface area contributed by atoms with Gasteiger partial charge < -0.3 is 16.0 Å². The maximum absolute atomic E-state index is 11.8. The number of nitrogens with zero attached hydrogens (tertiary/aromatic N) is 1. The van der Waals surface area contributed by atoms with E-state index in [0.717, 1.165) is 19.6 Å². The van der Waals surface area contributed by atoms with Crippen molar-refractivity contribution in [1.82, 2.24) is 10.2 Å². The standard InChI is InChI=1S/C10H21N3O.ClH/c1-8(11)6-9(14)13-5-4-12-7-10(13,2)3;/h8,12H,4-7,11H2,1-3H3;1H. The number of hydrogen-bond donors (Lipinski definition) is 2. The average molecular weight is 236 g/mol. The van der Waals surface area contributed by atoms with Crippen LogP contribution in [0.5, 0.6) is 0 Å². The Labute approximate surface area is 98.0 Å². The second-order valence-electron chi connectivity index (χ2n) is 4.72. The third-order valence-corrected chi connectivity index (χ3v) is 2.60. The van der Waals surface area contributed by atoms with E-state index in [9.17, 15) is 4.79 Å². The zero-order valence-corrected chi connectivity index (χ0v) is 10.6. The van der Waals surface area contributed by atoms with Gasteiger partial charge in [0.25, 0.3) is 0 Å². The van der Waals surface area contributed by atoms with Gasteiger partial charge in [0.05, 0.1) is 0 Å². The molecule has 1 unspecified atom stereocenters. The monoisotopic (exact) mass is 235 g/mol. The normalized spacial score (nSPS) is 21.7. The highest BCUT2D eigenvalue weighted by atomic mass is 35.5. The van der Waals surface area contributed by atoms with Crippen molar-refractivity contribution in [2.24, 2.45) is 5.73 Å². The molecule has 1 saturated heterocycles. The number of carbonyl (C=O) groups is 1. The molecule has 90 valence electrons. The van der Waals surface area contributed by atoms with Crippen LogP contribution >= 0.6 is 12.4 Å². The molecule has 1 atom stereocenters. The van der Waals surface area contributed by atoms with Gasteiger partial charge in [0.15, 0.2) is 0 Å². The lowest BCUT2D eigenvalue weighted by Crippen LogP contribution is -2.60. The molecule has 0 aliphatic carbocycles. The van der Waals surface area contributed by atoms with Crippen molar-refractivity contribution in [3.8, 4) is 0 Å². The summed E-state index contributed by atoms with van der Waals surface area (Å²) in [7, 11) is 0. The van der Waals surface area contributed by atoms with E-state index in [2.05, 4.69) is 19.2 Å². The lowest BCUT2D eigenvalue weighted by molar-refractivity contribution is -0.137. The fourth-order valence-electron chi connectivity index (χ4n) is 1.83. The molecule has 3 N–H and O–H groups in total. The Kier molecular flexibility index (Phi) is 5.56. The minimum atomic E-state index is -0.0791. The number of hydrogen-bond acceptors (Lipinski definition) is 3. The van der Waals surface area contributed by atoms with Crippen LogP contribution < -0.4 is 11.1 Å². The minimum absolute atomic E-state index is 0. The summed E-state index contributed by atoms with van der Waals surface area (Å²) >= 11 is 0. The van der Waals surface area contributed by atoms with E-state index >= 15 is 0 Å². The van der Waals surface area contributed by atoms with Crippen LogP contribution in [0.25, 0.3) is 0 Å². The molecule has 5 heteroatoms. The third kappa shape index (κ3) is 3.97. The summed E-state index contributed by atoms with van der Waals surface area (Å²) in [5.41, 5.74) is 5.55. The molecule has 1 amide bonds. The van der Waals surface area contributed by atoms with Crippen molar-refractivity contribution in [2.45, 2.75) is 38.8 Å². The Morgan fingerprint density at radius 2 is 2.20 bits per heavy atom. The van der Waals surface area contributed by atoms with E-state index in [0.29, 0.717) is 6.42 Å². The number of carbonyl (C=O) groups excluding carboxylic acids is 1. The van der Waals surface area contributed by atoms with Crippen LogP contribution in [0, 0.1) is 0 Å². The molecule has 15 heavy (non-hydrogen) atoms. The predicted octanol–water partition coefficient (Wildman–Crippen LogP) is 0.356. The van der Waals surface area contributed by atoms with Gasteiger partial charge in [-0.2, -0.15) is 0 Å². The van der Waals surface area contributed by atoms with Gasteiger partial charge in [-0.15, -0.1) is 12.4 Å². The first-order chi connectivity index (χ1) is 6.43. The van der Waals surface area contributed by atoms with Gasteiger partial charge in [-0.3, -0.25) is 4.79 Å². The van der Waals surface area contributed by atoms with Crippen LogP contribution in [0.3, 0.4) is 0 Å². The average Bonchev–Trinajstić information content (AvgIpc) is 2.01. The number of halogens is 1. The summed E-state index contributed by atoms with van der Waals surface area (Å²) in [5.74, 6) is 0.173. The summed E-state index contributed by atoms with van der Waals surface area (Å²) < 4.78 is 0. The highest BCUT2D eigenvalue weighted by Crippen LogP contribution is 2.17. The van der Waals surface area contributed by atoms with Gasteiger partial charge in [-0.05, 0) is 20.8 Å². The van der Waals surface area contributed by atoms with Gasteiger partial charge in [-0.1, -0.05) is 0 Å². The van der Waals surface area contributed by atoms with Crippen LogP contribution in [0.2, 0.25) is 0 Å². The second kappa shape index (κ2) is 5.68. The first-order valence-corrected chi connectivity index (χ1v) is 5.20. The minimum Gasteiger partial charge on any atom is -0.335 e. The smallest absolute Gasteiger partial charge is 0.224 e. The van der Waals surface area contributed by atoms with E-state index < -0.39 is 0 Å². The predicted molar refractivity (Wildman–Crippen MR) is 64.2 cm³/mol. The summed E-state index contributed by atoms with van der Waals surface area (Å²) in [6.45, 7) is 8.56. The zero-order chi connectivity index (χ0) is 10.8. The number of piperazine rings is 1. The fourth-order valence-corrected chi connectivity index (χ4v) is 1.83. The van der Waals surface area contributed by atoms with Gasteiger partial charge in [-0.25, -0.2) is 0 Å². The van der Waals surface area contributed by atoms with Crippen LogP contribution in [0.4, 0.5) is 0 Å². The van der Waals surface area contributed by atoms with Gasteiger partial charge in [0.1, 0.15) is 0 Å². The summed E-state index contributed by atoms with van der Waals surface area (Å²) in [6, 6.07) is -0.0480. The number of amides is 1. The summed E-state index contributed by atoms with van der Waals surface area (Å²) in [5, 5.41) is 3.29. The maximum atomic E-state index is 11.8. The van der Waals surface area contributed by atoms with Crippen molar-refractivity contribution in [3.05, 3.63) is 0 Å². The molecule has 1 rings (SSSR count). The molecule has 0 bridgehead atoms. The topological polar surface area (TPSA) is 58.4 Å². The molecule has 0 aromatic rings. The van der Waals surface area contributed by atoms with Crippen molar-refractivity contribution >= 4 is 18.3 Å². The lowest BCUT2D eigenvalue weighted by atomic mass is 9.99. The quantitative estimate of drug-likeness (QED) is 0.727. The van der Waals surface area contributed by atoms with Crippen molar-refractivity contribution in [2.75, 3.05) is 19.6 Å². The Morgan fingerprint density at radius 1 is 1.60 bits per heavy atom. The van der Waals surface area contributed by atoms with Crippen molar-refractivity contribution in [3.63, 3.8) is 0 Å². The fraction of sp³-hybridized carbons (Fsp3) is 0.900. The van der Waals surface area contributed by atoms with Crippen LogP contribution in [0.1, 0.15) is 27.2 Å². The number of nitrogens with one attached hydrogen (secondary N) is 1. The van der Waals surface area contributed by atoms with Crippen molar-refractivity contribution in [1.29, 1.82) is 0 Å². The molecule has 0 radical (unpaired) electrons. The third-order valence-electron chi connectivity index (χ3n) is 2.60. The maximum Gasteiger partial charge on any atom is 0.224 e. The van der Waals surface area contributed by atoms with E-state index in [1.807, 2.05) is 11.8 Å². The molecule has 0 aromatic heterocycles. The first-order valence-electron chi connectivity index (χ1n) is 5.20. The van der Waals surface area contributed by atoms with Crippen LogP contribution in [0.15, 0.2) is 0 Å². The molecule has 1 fully saturated rings. The van der Waals surface area contributed by atoms with Crippen LogP contribution in [-0.2, 0) is 4.79 Å². The van der Waals surface area contributed by atoms with E-state index in [1.165, 1.54) is 0 Å². The SMILES string of the molecule is CC(N)CC(=O)N1CCNCC1(C)C.Cl. The molecule has 0 saturated carbocycles. The van der Waals surface area contributed by atoms with E-state index in [1.54, 1.807) is 0 Å². The van der Waals surface area contributed by atoms with Crippen LogP contribution in [-0.4, -0.2) is 42.0 Å². The molecule has 4 nitrogen and oxygen atoms in total. The van der Waals surface area contributed by atoms with Gasteiger partial charge in [0, 0.05) is 37.6 Å². The van der Waals surface area contributed by atoms with E-state index in [-0.39, 0.29) is 29.9 Å². The van der Waals surface area contributed by atoms with Crippen molar-refractivity contribution < 1.29 is 4.79 Å². The first kappa shape index (κ1) is 14.7. The molecular weight excluding hydrogens is 214 g/mol. The molecule has 0 spiro atoms. The highest BCUT2D eigenvalue weighted by molar-refractivity contribution is 5.85. The Hall–Kier alpha value is -0.320. The molecule has 1 heterocycles. The molecular formula is C10H22ClN3O. The summed E-state index contributed by atoms with van der Waals surface area (Å²) in [4.78, 5) is 13.8. The Bertz CT molecular complexity index is 219. The lowest BCUT2D eigenvalue weighted by Gasteiger charge is -2.43. The number of nitrogens with two attached hydrogens (primary N) is 1. The zero-order valence-electron chi connectivity index (χ0n) is 9.75. The largest absolute Gasteiger partial charge is 0.335 e. The van der Waals surface area contributed by atoms with Gasteiger partial charge >= 0.3 is 0 Å². The highest BCUT2D eigenvalue weighted by Gasteiger charge is 2.32. The second-order valence-corrected chi connectivity index (χ2v) is 4.72. The Balaban J connectivity index is 0.00000196. The number of rotatable bonds is 2. The molecule has 1 aliphatic rings.